The number of hydrogen-bond donors (Lipinski definition) is 1. The van der Waals surface area contributed by atoms with E-state index < -0.39 is 17.4 Å². The van der Waals surface area contributed by atoms with E-state index in [0.717, 1.165) is 47.1 Å². The minimum atomic E-state index is -1.11. The Bertz CT molecular complexity index is 1150. The lowest BCUT2D eigenvalue weighted by Gasteiger charge is -2.36. The van der Waals surface area contributed by atoms with E-state index >= 15 is 0 Å². The van der Waals surface area contributed by atoms with Crippen molar-refractivity contribution in [2.75, 3.05) is 16.8 Å². The first-order valence-corrected chi connectivity index (χ1v) is 11.6. The highest BCUT2D eigenvalue weighted by Gasteiger charge is 2.74. The molecule has 3 amide bonds. The summed E-state index contributed by atoms with van der Waals surface area (Å²) in [5.74, 6) is -1.82. The lowest BCUT2D eigenvalue weighted by Crippen LogP contribution is -2.54. The molecule has 158 valence electrons. The molecule has 3 fully saturated rings. The number of fused-ring (bicyclic) bond motifs is 7. The molecule has 0 saturated carbocycles. The highest BCUT2D eigenvalue weighted by Crippen LogP contribution is 2.61. The number of benzene rings is 2. The summed E-state index contributed by atoms with van der Waals surface area (Å²) < 4.78 is 0.880. The number of rotatable bonds is 2. The lowest BCUT2D eigenvalue weighted by molar-refractivity contribution is -0.135. The second-order valence-electron chi connectivity index (χ2n) is 8.81. The number of amides is 3. The Hall–Kier alpha value is -2.51. The number of halogens is 1. The van der Waals surface area contributed by atoms with E-state index in [1.165, 1.54) is 4.90 Å². The van der Waals surface area contributed by atoms with Gasteiger partial charge in [0.2, 0.25) is 17.7 Å². The van der Waals surface area contributed by atoms with Crippen molar-refractivity contribution in [3.63, 3.8) is 0 Å². The number of nitrogens with one attached hydrogen (secondary N) is 1. The molecule has 1 spiro atoms. The van der Waals surface area contributed by atoms with Gasteiger partial charge in [-0.3, -0.25) is 19.3 Å². The molecule has 0 aliphatic carbocycles. The summed E-state index contributed by atoms with van der Waals surface area (Å²) in [6.07, 6.45) is 2.53. The van der Waals surface area contributed by atoms with Gasteiger partial charge in [-0.25, -0.2) is 4.90 Å². The summed E-state index contributed by atoms with van der Waals surface area (Å²) in [5.41, 5.74) is 2.19. The third-order valence-corrected chi connectivity index (χ3v) is 8.11. The van der Waals surface area contributed by atoms with Crippen LogP contribution in [0.5, 0.6) is 0 Å². The molecule has 0 unspecified atom stereocenters. The first-order chi connectivity index (χ1) is 15.0. The van der Waals surface area contributed by atoms with Gasteiger partial charge in [0.25, 0.3) is 0 Å². The molecule has 7 heteroatoms. The van der Waals surface area contributed by atoms with Gasteiger partial charge in [-0.1, -0.05) is 41.1 Å². The fraction of sp³-hybridized carbons (Fsp3) is 0.375. The molecular formula is C24H22BrN3O3. The molecule has 31 heavy (non-hydrogen) atoms. The van der Waals surface area contributed by atoms with Crippen molar-refractivity contribution in [2.45, 2.75) is 37.8 Å². The highest BCUT2D eigenvalue weighted by atomic mass is 79.9. The maximum absolute atomic E-state index is 13.9. The van der Waals surface area contributed by atoms with Crippen molar-refractivity contribution >= 4 is 45.0 Å². The zero-order valence-electron chi connectivity index (χ0n) is 17.1. The van der Waals surface area contributed by atoms with E-state index in [0.29, 0.717) is 5.69 Å². The minimum Gasteiger partial charge on any atom is -0.324 e. The first-order valence-electron chi connectivity index (χ1n) is 10.8. The van der Waals surface area contributed by atoms with Crippen LogP contribution in [0.25, 0.3) is 0 Å². The van der Waals surface area contributed by atoms with Gasteiger partial charge < -0.3 is 5.32 Å². The maximum atomic E-state index is 13.9. The normalized spacial score (nSPS) is 31.4. The summed E-state index contributed by atoms with van der Waals surface area (Å²) in [6.45, 7) is 2.78. The molecule has 0 radical (unpaired) electrons. The molecule has 1 N–H and O–H groups in total. The molecule has 3 saturated heterocycles. The molecule has 4 aliphatic rings. The van der Waals surface area contributed by atoms with E-state index in [9.17, 15) is 14.4 Å². The minimum absolute atomic E-state index is 0.0936. The van der Waals surface area contributed by atoms with Gasteiger partial charge in [-0.15, -0.1) is 0 Å². The van der Waals surface area contributed by atoms with Crippen LogP contribution in [0.1, 0.15) is 30.9 Å². The van der Waals surface area contributed by atoms with Crippen LogP contribution in [0.2, 0.25) is 0 Å². The summed E-state index contributed by atoms with van der Waals surface area (Å²) in [4.78, 5) is 44.7. The van der Waals surface area contributed by atoms with E-state index in [4.69, 9.17) is 0 Å². The Morgan fingerprint density at radius 2 is 1.87 bits per heavy atom. The molecule has 0 bridgehead atoms. The SMILES string of the molecule is CCc1cccc2c1NC(=O)[C@]21[C@@H]2C(=O)N(c3ccc(Br)cc3)C(=O)[C@@H]2[C@@H]2CCCN21. The van der Waals surface area contributed by atoms with Gasteiger partial charge in [0, 0.05) is 21.8 Å². The van der Waals surface area contributed by atoms with E-state index in [-0.39, 0.29) is 23.8 Å². The fourth-order valence-electron chi connectivity index (χ4n) is 6.43. The summed E-state index contributed by atoms with van der Waals surface area (Å²) >= 11 is 3.41. The maximum Gasteiger partial charge on any atom is 0.250 e. The molecule has 6 rings (SSSR count). The molecular weight excluding hydrogens is 458 g/mol. The lowest BCUT2D eigenvalue weighted by atomic mass is 9.75. The van der Waals surface area contributed by atoms with Crippen LogP contribution < -0.4 is 10.2 Å². The number of nitrogens with zero attached hydrogens (tertiary/aromatic N) is 2. The number of para-hydroxylation sites is 1. The van der Waals surface area contributed by atoms with Gasteiger partial charge >= 0.3 is 0 Å². The van der Waals surface area contributed by atoms with Crippen LogP contribution in [-0.2, 0) is 26.3 Å². The van der Waals surface area contributed by atoms with Crippen LogP contribution in [0.4, 0.5) is 11.4 Å². The summed E-state index contributed by atoms with van der Waals surface area (Å²) in [5, 5.41) is 3.10. The van der Waals surface area contributed by atoms with Crippen molar-refractivity contribution in [2.24, 2.45) is 11.8 Å². The summed E-state index contributed by atoms with van der Waals surface area (Å²) in [6, 6.07) is 13.1. The molecule has 4 heterocycles. The van der Waals surface area contributed by atoms with Crippen LogP contribution in [0.3, 0.4) is 0 Å². The second-order valence-corrected chi connectivity index (χ2v) is 9.72. The van der Waals surface area contributed by atoms with Crippen molar-refractivity contribution in [1.29, 1.82) is 0 Å². The molecule has 4 aliphatic heterocycles. The average Bonchev–Trinajstić information content (AvgIpc) is 3.47. The van der Waals surface area contributed by atoms with E-state index in [1.807, 2.05) is 30.3 Å². The third-order valence-electron chi connectivity index (χ3n) is 7.58. The molecule has 0 aromatic heterocycles. The number of carbonyl (C=O) groups is 3. The molecule has 2 aromatic carbocycles. The standard InChI is InChI=1S/C24H22BrN3O3/c1-2-13-5-3-6-16-20(13)26-23(31)24(16)19-18(17-7-4-12-27(17)24)21(29)28(22(19)30)15-10-8-14(25)9-11-15/h3,5-6,8-11,17-19H,2,4,7,12H2,1H3,(H,26,31)/t17-,18+,19-,24+/m0/s1. The van der Waals surface area contributed by atoms with Crippen molar-refractivity contribution in [3.05, 3.63) is 58.1 Å². The van der Waals surface area contributed by atoms with Gasteiger partial charge in [-0.05, 0) is 55.6 Å². The molecule has 4 atom stereocenters. The quantitative estimate of drug-likeness (QED) is 0.669. The second kappa shape index (κ2) is 6.50. The number of anilines is 2. The predicted octanol–water partition coefficient (Wildman–Crippen LogP) is 3.44. The monoisotopic (exact) mass is 479 g/mol. The smallest absolute Gasteiger partial charge is 0.250 e. The van der Waals surface area contributed by atoms with Gasteiger partial charge in [0.05, 0.1) is 17.5 Å². The zero-order chi connectivity index (χ0) is 21.5. The van der Waals surface area contributed by atoms with Gasteiger partial charge in [-0.2, -0.15) is 0 Å². The number of imide groups is 1. The largest absolute Gasteiger partial charge is 0.324 e. The van der Waals surface area contributed by atoms with Crippen LogP contribution in [0, 0.1) is 11.8 Å². The van der Waals surface area contributed by atoms with Crippen molar-refractivity contribution in [1.82, 2.24) is 4.90 Å². The third kappa shape index (κ3) is 2.23. The van der Waals surface area contributed by atoms with Crippen LogP contribution in [-0.4, -0.2) is 35.2 Å². The van der Waals surface area contributed by atoms with E-state index in [2.05, 4.69) is 33.1 Å². The van der Waals surface area contributed by atoms with Crippen molar-refractivity contribution < 1.29 is 14.4 Å². The van der Waals surface area contributed by atoms with E-state index in [1.54, 1.807) is 12.1 Å². The van der Waals surface area contributed by atoms with Crippen molar-refractivity contribution in [3.8, 4) is 0 Å². The van der Waals surface area contributed by atoms with Gasteiger partial charge in [0.1, 0.15) is 5.54 Å². The molecule has 6 nitrogen and oxygen atoms in total. The fourth-order valence-corrected chi connectivity index (χ4v) is 6.69. The Balaban J connectivity index is 1.56. The van der Waals surface area contributed by atoms with Crippen LogP contribution in [0.15, 0.2) is 46.9 Å². The Morgan fingerprint density at radius 3 is 2.61 bits per heavy atom. The Labute approximate surface area is 188 Å². The highest BCUT2D eigenvalue weighted by molar-refractivity contribution is 9.10. The Kier molecular flexibility index (Phi) is 4.02. The molecule has 2 aromatic rings. The van der Waals surface area contributed by atoms with Crippen LogP contribution >= 0.6 is 15.9 Å². The topological polar surface area (TPSA) is 69.7 Å². The number of carbonyl (C=O) groups excluding carboxylic acids is 3. The predicted molar refractivity (Wildman–Crippen MR) is 119 cm³/mol. The average molecular weight is 480 g/mol. The number of hydrogen-bond acceptors (Lipinski definition) is 4. The number of aryl methyl sites for hydroxylation is 1. The first kappa shape index (κ1) is 19.2. The zero-order valence-corrected chi connectivity index (χ0v) is 18.7. The summed E-state index contributed by atoms with van der Waals surface area (Å²) in [7, 11) is 0. The van der Waals surface area contributed by atoms with Gasteiger partial charge in [0.15, 0.2) is 0 Å². The Morgan fingerprint density at radius 1 is 1.10 bits per heavy atom.